The fourth-order valence-corrected chi connectivity index (χ4v) is 3.36. The normalized spacial score (nSPS) is 12.0. The van der Waals surface area contributed by atoms with Crippen molar-refractivity contribution in [3.05, 3.63) is 45.3 Å². The van der Waals surface area contributed by atoms with Crippen LogP contribution in [0.15, 0.2) is 18.2 Å². The summed E-state index contributed by atoms with van der Waals surface area (Å²) in [5.41, 5.74) is 1.48. The molecule has 0 aliphatic heterocycles. The summed E-state index contributed by atoms with van der Waals surface area (Å²) in [6, 6.07) is 5.37. The number of nitrogens with one attached hydrogen (secondary N) is 1. The molecule has 1 atom stereocenters. The fourth-order valence-electron chi connectivity index (χ4n) is 3.36. The van der Waals surface area contributed by atoms with Crippen LogP contribution < -0.4 is 14.8 Å². The van der Waals surface area contributed by atoms with Crippen molar-refractivity contribution in [1.82, 2.24) is 15.1 Å². The molecule has 0 spiro atoms. The second-order valence-electron chi connectivity index (χ2n) is 7.30. The Morgan fingerprint density at radius 2 is 1.83 bits per heavy atom. The molecule has 0 bridgehead atoms. The van der Waals surface area contributed by atoms with Crippen LogP contribution in [0.1, 0.15) is 50.7 Å². The molecule has 1 amide bonds. The zero-order valence-corrected chi connectivity index (χ0v) is 18.4. The van der Waals surface area contributed by atoms with Gasteiger partial charge in [-0.15, -0.1) is 0 Å². The van der Waals surface area contributed by atoms with Crippen LogP contribution in [-0.4, -0.2) is 33.8 Å². The Morgan fingerprint density at radius 1 is 1.20 bits per heavy atom. The summed E-state index contributed by atoms with van der Waals surface area (Å²) in [7, 11) is 0. The minimum Gasteiger partial charge on any atom is -0.490 e. The van der Waals surface area contributed by atoms with Crippen molar-refractivity contribution in [3.63, 3.8) is 0 Å². The van der Waals surface area contributed by atoms with Gasteiger partial charge in [-0.2, -0.15) is 5.10 Å². The monoisotopic (exact) mass is 418 g/mol. The lowest BCUT2D eigenvalue weighted by molar-refractivity contribution is -0.386. The third kappa shape index (κ3) is 5.28. The van der Waals surface area contributed by atoms with Gasteiger partial charge >= 0.3 is 5.69 Å². The summed E-state index contributed by atoms with van der Waals surface area (Å²) in [5.74, 6) is 1.12. The number of benzene rings is 1. The molecule has 30 heavy (non-hydrogen) atoms. The first-order valence-corrected chi connectivity index (χ1v) is 10.1. The standard InChI is InChI=1S/C21H30N4O5/c1-7-29-17-10-9-16(11-18(17)30-8-2)20(13(3)4)22-19(26)12-24-15(6)21(25(27)28)14(5)23-24/h9-11,13,20H,7-8,12H2,1-6H3,(H,22,26). The van der Waals surface area contributed by atoms with Gasteiger partial charge in [-0.1, -0.05) is 19.9 Å². The van der Waals surface area contributed by atoms with Gasteiger partial charge in [-0.25, -0.2) is 0 Å². The smallest absolute Gasteiger partial charge is 0.312 e. The molecule has 0 saturated heterocycles. The molecule has 1 unspecified atom stereocenters. The molecule has 164 valence electrons. The van der Waals surface area contributed by atoms with Gasteiger partial charge in [-0.3, -0.25) is 19.6 Å². The minimum atomic E-state index is -0.474. The van der Waals surface area contributed by atoms with Gasteiger partial charge in [0.25, 0.3) is 0 Å². The van der Waals surface area contributed by atoms with Crippen molar-refractivity contribution < 1.29 is 19.2 Å². The summed E-state index contributed by atoms with van der Waals surface area (Å²) >= 11 is 0. The first-order chi connectivity index (χ1) is 14.2. The molecule has 9 heteroatoms. The lowest BCUT2D eigenvalue weighted by atomic mass is 9.95. The van der Waals surface area contributed by atoms with Gasteiger partial charge in [0.05, 0.1) is 24.2 Å². The molecule has 0 fully saturated rings. The van der Waals surface area contributed by atoms with Gasteiger partial charge < -0.3 is 14.8 Å². The largest absolute Gasteiger partial charge is 0.490 e. The van der Waals surface area contributed by atoms with Crippen LogP contribution in [0.4, 0.5) is 5.69 Å². The zero-order chi connectivity index (χ0) is 22.4. The van der Waals surface area contributed by atoms with Crippen molar-refractivity contribution in [2.75, 3.05) is 13.2 Å². The summed E-state index contributed by atoms with van der Waals surface area (Å²) in [6.07, 6.45) is 0. The molecule has 1 aromatic carbocycles. The Labute approximate surface area is 176 Å². The van der Waals surface area contributed by atoms with E-state index >= 15 is 0 Å². The van der Waals surface area contributed by atoms with E-state index in [0.717, 1.165) is 5.56 Å². The molecular formula is C21H30N4O5. The molecule has 0 aliphatic rings. The highest BCUT2D eigenvalue weighted by Crippen LogP contribution is 2.33. The van der Waals surface area contributed by atoms with E-state index in [4.69, 9.17) is 9.47 Å². The topological polar surface area (TPSA) is 109 Å². The third-order valence-corrected chi connectivity index (χ3v) is 4.73. The second kappa shape index (κ2) is 10.1. The first-order valence-electron chi connectivity index (χ1n) is 10.1. The molecule has 0 saturated carbocycles. The second-order valence-corrected chi connectivity index (χ2v) is 7.30. The maximum Gasteiger partial charge on any atom is 0.312 e. The molecule has 9 nitrogen and oxygen atoms in total. The SMILES string of the molecule is CCOc1ccc(C(NC(=O)Cn2nc(C)c([N+](=O)[O-])c2C)C(C)C)cc1OCC. The van der Waals surface area contributed by atoms with Crippen LogP contribution in [0.2, 0.25) is 0 Å². The maximum absolute atomic E-state index is 12.7. The van der Waals surface area contributed by atoms with Gasteiger partial charge in [0, 0.05) is 0 Å². The molecular weight excluding hydrogens is 388 g/mol. The highest BCUT2D eigenvalue weighted by atomic mass is 16.6. The summed E-state index contributed by atoms with van der Waals surface area (Å²) in [5, 5.41) is 18.3. The number of nitro groups is 1. The predicted octanol–water partition coefficient (Wildman–Crippen LogP) is 3.72. The number of carbonyl (C=O) groups is 1. The van der Waals surface area contributed by atoms with Crippen LogP contribution in [0.5, 0.6) is 11.5 Å². The predicted molar refractivity (Wildman–Crippen MR) is 113 cm³/mol. The number of nitrogens with zero attached hydrogens (tertiary/aromatic N) is 3. The number of rotatable bonds is 10. The van der Waals surface area contributed by atoms with Crippen LogP contribution in [0.3, 0.4) is 0 Å². The van der Waals surface area contributed by atoms with Crippen molar-refractivity contribution >= 4 is 11.6 Å². The molecule has 0 aliphatic carbocycles. The van der Waals surface area contributed by atoms with E-state index < -0.39 is 4.92 Å². The van der Waals surface area contributed by atoms with E-state index in [1.807, 2.05) is 45.9 Å². The fraction of sp³-hybridized carbons (Fsp3) is 0.524. The Balaban J connectivity index is 2.24. The van der Waals surface area contributed by atoms with E-state index in [2.05, 4.69) is 10.4 Å². The quantitative estimate of drug-likeness (QED) is 0.465. The molecule has 1 N–H and O–H groups in total. The first kappa shape index (κ1) is 23.2. The average molecular weight is 418 g/mol. The van der Waals surface area contributed by atoms with Gasteiger partial charge in [0.1, 0.15) is 17.9 Å². The van der Waals surface area contributed by atoms with Crippen LogP contribution in [-0.2, 0) is 11.3 Å². The van der Waals surface area contributed by atoms with E-state index in [1.165, 1.54) is 4.68 Å². The molecule has 1 heterocycles. The van der Waals surface area contributed by atoms with E-state index in [0.29, 0.717) is 36.1 Å². The van der Waals surface area contributed by atoms with E-state index in [9.17, 15) is 14.9 Å². The molecule has 2 rings (SSSR count). The number of aryl methyl sites for hydroxylation is 1. The summed E-state index contributed by atoms with van der Waals surface area (Å²) in [4.78, 5) is 23.4. The Kier molecular flexibility index (Phi) is 7.79. The van der Waals surface area contributed by atoms with Gasteiger partial charge in [0.15, 0.2) is 11.5 Å². The van der Waals surface area contributed by atoms with Gasteiger partial charge in [-0.05, 0) is 51.3 Å². The Morgan fingerprint density at radius 3 is 2.37 bits per heavy atom. The van der Waals surface area contributed by atoms with Crippen molar-refractivity contribution in [2.24, 2.45) is 5.92 Å². The number of ether oxygens (including phenoxy) is 2. The van der Waals surface area contributed by atoms with E-state index in [-0.39, 0.29) is 30.1 Å². The molecule has 0 radical (unpaired) electrons. The highest BCUT2D eigenvalue weighted by molar-refractivity contribution is 5.76. The van der Waals surface area contributed by atoms with Crippen LogP contribution in [0, 0.1) is 29.9 Å². The summed E-state index contributed by atoms with van der Waals surface area (Å²) < 4.78 is 12.7. The van der Waals surface area contributed by atoms with Gasteiger partial charge in [0.2, 0.25) is 5.91 Å². The lowest BCUT2D eigenvalue weighted by Gasteiger charge is -2.24. The van der Waals surface area contributed by atoms with Crippen molar-refractivity contribution in [2.45, 2.75) is 54.1 Å². The van der Waals surface area contributed by atoms with Crippen LogP contribution >= 0.6 is 0 Å². The number of aromatic nitrogens is 2. The van der Waals surface area contributed by atoms with Crippen molar-refractivity contribution in [3.8, 4) is 11.5 Å². The third-order valence-electron chi connectivity index (χ3n) is 4.73. The Hall–Kier alpha value is -3.10. The maximum atomic E-state index is 12.7. The number of hydrogen-bond acceptors (Lipinski definition) is 6. The van der Waals surface area contributed by atoms with Crippen LogP contribution in [0.25, 0.3) is 0 Å². The number of carbonyl (C=O) groups excluding carboxylic acids is 1. The lowest BCUT2D eigenvalue weighted by Crippen LogP contribution is -2.34. The zero-order valence-electron chi connectivity index (χ0n) is 18.4. The number of hydrogen-bond donors (Lipinski definition) is 1. The van der Waals surface area contributed by atoms with Crippen molar-refractivity contribution in [1.29, 1.82) is 0 Å². The molecule has 2 aromatic rings. The molecule has 1 aromatic heterocycles. The van der Waals surface area contributed by atoms with E-state index in [1.54, 1.807) is 13.8 Å². The number of amides is 1. The Bertz CT molecular complexity index is 907. The average Bonchev–Trinajstić information content (AvgIpc) is 2.94. The minimum absolute atomic E-state index is 0.0592. The highest BCUT2D eigenvalue weighted by Gasteiger charge is 2.25. The summed E-state index contributed by atoms with van der Waals surface area (Å²) in [6.45, 7) is 11.9.